The van der Waals surface area contributed by atoms with Crippen LogP contribution in [0.2, 0.25) is 0 Å². The zero-order valence-electron chi connectivity index (χ0n) is 19.2. The van der Waals surface area contributed by atoms with E-state index in [-0.39, 0.29) is 18.0 Å². The van der Waals surface area contributed by atoms with Gasteiger partial charge in [-0.05, 0) is 84.9 Å². The molecule has 2 rings (SSSR count). The fourth-order valence-corrected chi connectivity index (χ4v) is 3.73. The van der Waals surface area contributed by atoms with Crippen LogP contribution in [0, 0.1) is 22.7 Å². The van der Waals surface area contributed by atoms with E-state index in [0.717, 1.165) is 5.56 Å². The molecule has 1 amide bonds. The van der Waals surface area contributed by atoms with Crippen molar-refractivity contribution >= 4 is 12.1 Å². The van der Waals surface area contributed by atoms with E-state index >= 15 is 0 Å². The first-order valence-electron chi connectivity index (χ1n) is 10.4. The zero-order valence-corrected chi connectivity index (χ0v) is 19.2. The highest BCUT2D eigenvalue weighted by molar-refractivity contribution is 5.78. The molecular formula is C24H34N2O4. The zero-order chi connectivity index (χ0) is 22.7. The quantitative estimate of drug-likeness (QED) is 0.667. The average Bonchev–Trinajstić information content (AvgIpc) is 3.09. The minimum Gasteiger partial charge on any atom is -0.460 e. The van der Waals surface area contributed by atoms with Gasteiger partial charge in [-0.1, -0.05) is 12.1 Å². The summed E-state index contributed by atoms with van der Waals surface area (Å²) >= 11 is 0. The summed E-state index contributed by atoms with van der Waals surface area (Å²) in [5.74, 6) is -0.362. The van der Waals surface area contributed by atoms with Gasteiger partial charge < -0.3 is 14.4 Å². The molecule has 0 saturated carbocycles. The molecule has 1 unspecified atom stereocenters. The molecule has 0 N–H and O–H groups in total. The highest BCUT2D eigenvalue weighted by atomic mass is 16.6. The Kier molecular flexibility index (Phi) is 6.86. The molecule has 0 radical (unpaired) electrons. The van der Waals surface area contributed by atoms with E-state index in [2.05, 4.69) is 6.07 Å². The third-order valence-electron chi connectivity index (χ3n) is 5.23. The average molecular weight is 415 g/mol. The van der Waals surface area contributed by atoms with Crippen molar-refractivity contribution < 1.29 is 19.1 Å². The summed E-state index contributed by atoms with van der Waals surface area (Å²) in [5, 5.41) is 9.22. The maximum atomic E-state index is 13.3. The van der Waals surface area contributed by atoms with Crippen molar-refractivity contribution in [3.63, 3.8) is 0 Å². The minimum atomic E-state index is -0.835. The Bertz CT molecular complexity index is 829. The summed E-state index contributed by atoms with van der Waals surface area (Å²) in [5.41, 5.74) is -0.561. The van der Waals surface area contributed by atoms with Gasteiger partial charge in [0.25, 0.3) is 0 Å². The number of carbonyl (C=O) groups is 2. The smallest absolute Gasteiger partial charge is 0.410 e. The molecule has 164 valence electrons. The monoisotopic (exact) mass is 414 g/mol. The number of hydrogen-bond acceptors (Lipinski definition) is 5. The normalized spacial score (nSPS) is 19.0. The molecule has 1 aromatic rings. The molecule has 6 heteroatoms. The Labute approximate surface area is 180 Å². The van der Waals surface area contributed by atoms with E-state index in [1.807, 2.05) is 66.7 Å². The molecule has 1 fully saturated rings. The van der Waals surface area contributed by atoms with Gasteiger partial charge in [-0.15, -0.1) is 0 Å². The Morgan fingerprint density at radius 1 is 1.10 bits per heavy atom. The van der Waals surface area contributed by atoms with Gasteiger partial charge in [-0.25, -0.2) is 4.79 Å². The van der Waals surface area contributed by atoms with Gasteiger partial charge in [0.2, 0.25) is 0 Å². The van der Waals surface area contributed by atoms with Crippen molar-refractivity contribution in [3.05, 3.63) is 35.4 Å². The molecule has 1 aromatic carbocycles. The van der Waals surface area contributed by atoms with Gasteiger partial charge >= 0.3 is 12.1 Å². The predicted molar refractivity (Wildman–Crippen MR) is 115 cm³/mol. The Morgan fingerprint density at radius 3 is 2.30 bits per heavy atom. The summed E-state index contributed by atoms with van der Waals surface area (Å²) in [6.07, 6.45) is 0.764. The molecule has 30 heavy (non-hydrogen) atoms. The van der Waals surface area contributed by atoms with Crippen LogP contribution < -0.4 is 0 Å². The molecule has 0 bridgehead atoms. The highest BCUT2D eigenvalue weighted by Gasteiger charge is 2.47. The van der Waals surface area contributed by atoms with Crippen molar-refractivity contribution in [1.82, 2.24) is 4.90 Å². The molecule has 0 aliphatic carbocycles. The number of rotatable bonds is 4. The molecule has 1 aliphatic rings. The summed E-state index contributed by atoms with van der Waals surface area (Å²) < 4.78 is 11.3. The SMILES string of the molecule is CC(C)(C)OC(=O)N1CC[C@H](C(C)(Cc2cccc(C#N)c2)C(=O)OC(C)(C)C)C1. The highest BCUT2D eigenvalue weighted by Crippen LogP contribution is 2.40. The summed E-state index contributed by atoms with van der Waals surface area (Å²) in [7, 11) is 0. The van der Waals surface area contributed by atoms with Crippen LogP contribution in [0.15, 0.2) is 24.3 Å². The third-order valence-corrected chi connectivity index (χ3v) is 5.23. The Balaban J connectivity index is 2.29. The lowest BCUT2D eigenvalue weighted by molar-refractivity contribution is -0.170. The van der Waals surface area contributed by atoms with Gasteiger partial charge in [0, 0.05) is 13.1 Å². The number of carbonyl (C=O) groups excluding carboxylic acids is 2. The predicted octanol–water partition coefficient (Wildman–Crippen LogP) is 4.71. The lowest BCUT2D eigenvalue weighted by Gasteiger charge is -2.36. The first kappa shape index (κ1) is 23.7. The number of nitrogens with zero attached hydrogens (tertiary/aromatic N) is 2. The van der Waals surface area contributed by atoms with Crippen LogP contribution in [-0.4, -0.2) is 41.3 Å². The third kappa shape index (κ3) is 6.22. The lowest BCUT2D eigenvalue weighted by atomic mass is 9.72. The van der Waals surface area contributed by atoms with Crippen LogP contribution in [0.4, 0.5) is 4.79 Å². The fourth-order valence-electron chi connectivity index (χ4n) is 3.73. The lowest BCUT2D eigenvalue weighted by Crippen LogP contribution is -2.44. The van der Waals surface area contributed by atoms with E-state index in [1.54, 1.807) is 11.0 Å². The van der Waals surface area contributed by atoms with Crippen molar-refractivity contribution in [2.45, 2.75) is 72.5 Å². The summed E-state index contributed by atoms with van der Waals surface area (Å²) in [6.45, 7) is 13.9. The summed E-state index contributed by atoms with van der Waals surface area (Å²) in [4.78, 5) is 27.5. The van der Waals surface area contributed by atoms with Crippen LogP contribution in [0.5, 0.6) is 0 Å². The van der Waals surface area contributed by atoms with Crippen molar-refractivity contribution in [2.75, 3.05) is 13.1 Å². The van der Waals surface area contributed by atoms with E-state index in [0.29, 0.717) is 31.5 Å². The molecule has 1 aliphatic heterocycles. The number of amides is 1. The number of hydrogen-bond donors (Lipinski definition) is 0. The molecule has 1 heterocycles. The van der Waals surface area contributed by atoms with Crippen molar-refractivity contribution in [3.8, 4) is 6.07 Å². The topological polar surface area (TPSA) is 79.6 Å². The van der Waals surface area contributed by atoms with Crippen LogP contribution in [-0.2, 0) is 20.7 Å². The maximum absolute atomic E-state index is 13.3. The Hall–Kier alpha value is -2.55. The van der Waals surface area contributed by atoms with Crippen LogP contribution in [0.25, 0.3) is 0 Å². The van der Waals surface area contributed by atoms with Gasteiger partial charge in [0.15, 0.2) is 0 Å². The largest absolute Gasteiger partial charge is 0.460 e. The Morgan fingerprint density at radius 2 is 1.73 bits per heavy atom. The summed E-state index contributed by atoms with van der Waals surface area (Å²) in [6, 6.07) is 9.45. The van der Waals surface area contributed by atoms with Crippen LogP contribution >= 0.6 is 0 Å². The minimum absolute atomic E-state index is 0.0781. The van der Waals surface area contributed by atoms with E-state index in [9.17, 15) is 14.9 Å². The van der Waals surface area contributed by atoms with Gasteiger partial charge in [0.05, 0.1) is 17.0 Å². The number of benzene rings is 1. The second-order valence-electron chi connectivity index (χ2n) is 10.3. The van der Waals surface area contributed by atoms with Gasteiger partial charge in [-0.3, -0.25) is 4.79 Å². The maximum Gasteiger partial charge on any atom is 0.410 e. The number of nitriles is 1. The number of esters is 1. The van der Waals surface area contributed by atoms with Gasteiger partial charge in [-0.2, -0.15) is 5.26 Å². The standard InChI is InChI=1S/C24H34N2O4/c1-22(2,3)29-20(27)24(7,14-17-9-8-10-18(13-17)15-25)19-11-12-26(16-19)21(28)30-23(4,5)6/h8-10,13,19H,11-12,14,16H2,1-7H3/t19-,24?/m0/s1. The molecule has 1 saturated heterocycles. The molecular weight excluding hydrogens is 380 g/mol. The van der Waals surface area contributed by atoms with Crippen LogP contribution in [0.3, 0.4) is 0 Å². The second-order valence-corrected chi connectivity index (χ2v) is 10.3. The molecule has 0 spiro atoms. The van der Waals surface area contributed by atoms with E-state index < -0.39 is 16.6 Å². The molecule has 2 atom stereocenters. The molecule has 0 aromatic heterocycles. The number of likely N-dealkylation sites (tertiary alicyclic amines) is 1. The molecule has 6 nitrogen and oxygen atoms in total. The van der Waals surface area contributed by atoms with Crippen molar-refractivity contribution in [2.24, 2.45) is 11.3 Å². The number of ether oxygens (including phenoxy) is 2. The van der Waals surface area contributed by atoms with E-state index in [4.69, 9.17) is 9.47 Å². The van der Waals surface area contributed by atoms with Crippen LogP contribution in [0.1, 0.15) is 66.0 Å². The first-order chi connectivity index (χ1) is 13.7. The van der Waals surface area contributed by atoms with E-state index in [1.165, 1.54) is 0 Å². The first-order valence-corrected chi connectivity index (χ1v) is 10.4. The van der Waals surface area contributed by atoms with Crippen molar-refractivity contribution in [1.29, 1.82) is 5.26 Å². The van der Waals surface area contributed by atoms with Gasteiger partial charge in [0.1, 0.15) is 11.2 Å². The second kappa shape index (κ2) is 8.67. The fraction of sp³-hybridized carbons (Fsp3) is 0.625.